The minimum Gasteiger partial charge on any atom is -0.341 e. The molecule has 0 N–H and O–H groups in total. The zero-order chi connectivity index (χ0) is 20.8. The number of benzene rings is 4. The van der Waals surface area contributed by atoms with Crippen LogP contribution in [-0.4, -0.2) is 10.9 Å². The van der Waals surface area contributed by atoms with Crippen molar-refractivity contribution in [2.75, 3.05) is 9.91 Å². The second-order valence-electron chi connectivity index (χ2n) is 7.86. The number of para-hydroxylation sites is 3. The summed E-state index contributed by atoms with van der Waals surface area (Å²) < 4.78 is 0. The van der Waals surface area contributed by atoms with Crippen LogP contribution in [0.4, 0.5) is 17.1 Å². The van der Waals surface area contributed by atoms with Crippen LogP contribution < -0.4 is 9.91 Å². The minimum atomic E-state index is -0.209. The van der Waals surface area contributed by atoms with Gasteiger partial charge in [-0.25, -0.2) is 10.0 Å². The van der Waals surface area contributed by atoms with Gasteiger partial charge in [0.15, 0.2) is 6.17 Å². The Kier molecular flexibility index (Phi) is 4.03. The van der Waals surface area contributed by atoms with E-state index in [1.165, 1.54) is 5.56 Å². The lowest BCUT2D eigenvalue weighted by Crippen LogP contribution is -2.51. The Morgan fingerprint density at radius 3 is 2.03 bits per heavy atom. The molecule has 6 rings (SSSR count). The zero-order valence-corrected chi connectivity index (χ0v) is 16.9. The van der Waals surface area contributed by atoms with Crippen LogP contribution >= 0.6 is 0 Å². The molecule has 1 atom stereocenters. The van der Waals surface area contributed by atoms with Crippen molar-refractivity contribution >= 4 is 23.0 Å². The molecule has 0 saturated heterocycles. The predicted molar refractivity (Wildman–Crippen MR) is 123 cm³/mol. The average Bonchev–Trinajstić information content (AvgIpc) is 3.18. The molecule has 1 unspecified atom stereocenters. The first-order valence-electron chi connectivity index (χ1n) is 10.5. The molecule has 0 spiro atoms. The Morgan fingerprint density at radius 1 is 0.645 bits per heavy atom. The molecule has 0 saturated carbocycles. The summed E-state index contributed by atoms with van der Waals surface area (Å²) in [7, 11) is 0. The summed E-state index contributed by atoms with van der Waals surface area (Å²) >= 11 is 0. The maximum atomic E-state index is 13.8. The number of rotatable bonds is 3. The highest BCUT2D eigenvalue weighted by molar-refractivity contribution is 6.04. The fourth-order valence-corrected chi connectivity index (χ4v) is 4.70. The summed E-state index contributed by atoms with van der Waals surface area (Å²) in [6.07, 6.45) is -0.209. The smallest absolute Gasteiger partial charge is 0.277 e. The average molecular weight is 403 g/mol. The van der Waals surface area contributed by atoms with Gasteiger partial charge in [-0.15, -0.1) is 0 Å². The number of fused-ring (bicyclic) bond motifs is 4. The molecule has 0 bridgehead atoms. The topological polar surface area (TPSA) is 26.8 Å². The van der Waals surface area contributed by atoms with Crippen molar-refractivity contribution in [1.29, 1.82) is 0 Å². The first kappa shape index (κ1) is 17.8. The normalized spacial score (nSPS) is 16.7. The van der Waals surface area contributed by atoms with Crippen LogP contribution in [0.2, 0.25) is 0 Å². The third-order valence-corrected chi connectivity index (χ3v) is 6.03. The van der Waals surface area contributed by atoms with E-state index < -0.39 is 0 Å². The van der Waals surface area contributed by atoms with E-state index in [0.717, 1.165) is 28.2 Å². The Bertz CT molecular complexity index is 1260. The molecule has 2 heterocycles. The highest BCUT2D eigenvalue weighted by Crippen LogP contribution is 2.51. The number of carbonyl (C=O) groups excluding carboxylic acids is 1. The van der Waals surface area contributed by atoms with Crippen LogP contribution in [0.25, 0.3) is 0 Å². The summed E-state index contributed by atoms with van der Waals surface area (Å²) in [6.45, 7) is 0.712. The zero-order valence-electron chi connectivity index (χ0n) is 16.9. The molecule has 0 aliphatic carbocycles. The van der Waals surface area contributed by atoms with Crippen molar-refractivity contribution in [2.45, 2.75) is 12.7 Å². The molecular formula is C27H21N3O. The molecule has 2 aliphatic rings. The van der Waals surface area contributed by atoms with Gasteiger partial charge in [-0.3, -0.25) is 4.79 Å². The first-order chi connectivity index (χ1) is 15.3. The molecule has 4 heteroatoms. The van der Waals surface area contributed by atoms with Crippen molar-refractivity contribution in [3.63, 3.8) is 0 Å². The minimum absolute atomic E-state index is 0.0185. The van der Waals surface area contributed by atoms with Crippen molar-refractivity contribution in [2.24, 2.45) is 0 Å². The Labute approximate surface area is 181 Å². The Morgan fingerprint density at radius 2 is 1.26 bits per heavy atom. The highest BCUT2D eigenvalue weighted by atomic mass is 16.2. The van der Waals surface area contributed by atoms with Crippen molar-refractivity contribution in [1.82, 2.24) is 5.01 Å². The maximum absolute atomic E-state index is 13.8. The van der Waals surface area contributed by atoms with E-state index in [1.807, 2.05) is 53.5 Å². The van der Waals surface area contributed by atoms with Crippen LogP contribution in [0.15, 0.2) is 109 Å². The quantitative estimate of drug-likeness (QED) is 0.425. The molecule has 1 amide bonds. The second-order valence-corrected chi connectivity index (χ2v) is 7.86. The number of hydrogen-bond acceptors (Lipinski definition) is 3. The summed E-state index contributed by atoms with van der Waals surface area (Å²) in [4.78, 5) is 16.1. The van der Waals surface area contributed by atoms with E-state index in [0.29, 0.717) is 6.54 Å². The summed E-state index contributed by atoms with van der Waals surface area (Å²) in [6, 6.07) is 36.8. The van der Waals surface area contributed by atoms with Crippen LogP contribution in [0.5, 0.6) is 0 Å². The number of carbonyl (C=O) groups is 1. The predicted octanol–water partition coefficient (Wildman–Crippen LogP) is 5.91. The standard InChI is InChI=1S/C27H21N3O/c31-27-23-16-8-9-17-24(23)28(19-20-11-3-1-4-12-20)26-22-15-7-10-18-25(22)29(30(26)27)21-13-5-2-6-14-21/h1-18,26H,19H2. The first-order valence-corrected chi connectivity index (χ1v) is 10.5. The number of anilines is 3. The lowest BCUT2D eigenvalue weighted by Gasteiger charge is -2.44. The molecule has 0 radical (unpaired) electrons. The molecule has 2 aliphatic heterocycles. The van der Waals surface area contributed by atoms with E-state index in [1.54, 1.807) is 0 Å². The van der Waals surface area contributed by atoms with Gasteiger partial charge in [0.25, 0.3) is 5.91 Å². The van der Waals surface area contributed by atoms with E-state index in [-0.39, 0.29) is 12.1 Å². The van der Waals surface area contributed by atoms with Gasteiger partial charge in [0, 0.05) is 12.1 Å². The molecule has 4 aromatic rings. The molecule has 4 nitrogen and oxygen atoms in total. The number of nitrogens with zero attached hydrogens (tertiary/aromatic N) is 3. The van der Waals surface area contributed by atoms with Gasteiger partial charge < -0.3 is 4.90 Å². The van der Waals surface area contributed by atoms with Gasteiger partial charge in [0.05, 0.1) is 22.6 Å². The summed E-state index contributed by atoms with van der Waals surface area (Å²) in [5.74, 6) is 0.0185. The molecule has 150 valence electrons. The number of hydrogen-bond donors (Lipinski definition) is 0. The maximum Gasteiger partial charge on any atom is 0.277 e. The Balaban J connectivity index is 1.57. The van der Waals surface area contributed by atoms with Crippen molar-refractivity contribution in [3.8, 4) is 0 Å². The largest absolute Gasteiger partial charge is 0.341 e. The molecule has 31 heavy (non-hydrogen) atoms. The fourth-order valence-electron chi connectivity index (χ4n) is 4.70. The van der Waals surface area contributed by atoms with Gasteiger partial charge in [0.1, 0.15) is 0 Å². The van der Waals surface area contributed by atoms with Gasteiger partial charge >= 0.3 is 0 Å². The van der Waals surface area contributed by atoms with Gasteiger partial charge in [-0.1, -0.05) is 78.9 Å². The van der Waals surface area contributed by atoms with Gasteiger partial charge in [-0.05, 0) is 35.9 Å². The molecular weight excluding hydrogens is 382 g/mol. The van der Waals surface area contributed by atoms with Gasteiger partial charge in [0.2, 0.25) is 0 Å². The SMILES string of the molecule is O=C1c2ccccc2N(Cc2ccccc2)C2c3ccccc3N(c3ccccc3)N12. The van der Waals surface area contributed by atoms with Crippen molar-refractivity contribution in [3.05, 3.63) is 126 Å². The molecule has 0 fully saturated rings. The molecule has 0 aromatic heterocycles. The van der Waals surface area contributed by atoms with E-state index in [4.69, 9.17) is 0 Å². The number of amides is 1. The van der Waals surface area contributed by atoms with Crippen molar-refractivity contribution < 1.29 is 4.79 Å². The summed E-state index contributed by atoms with van der Waals surface area (Å²) in [5.41, 5.74) is 6.06. The lowest BCUT2D eigenvalue weighted by atomic mass is 10.0. The highest BCUT2D eigenvalue weighted by Gasteiger charge is 2.48. The van der Waals surface area contributed by atoms with E-state index in [2.05, 4.69) is 70.6 Å². The van der Waals surface area contributed by atoms with Crippen LogP contribution in [0.1, 0.15) is 27.7 Å². The number of hydrazine groups is 1. The van der Waals surface area contributed by atoms with E-state index in [9.17, 15) is 4.79 Å². The third-order valence-electron chi connectivity index (χ3n) is 6.03. The Hall–Kier alpha value is -4.05. The van der Waals surface area contributed by atoms with Crippen LogP contribution in [0.3, 0.4) is 0 Å². The second kappa shape index (κ2) is 7.03. The van der Waals surface area contributed by atoms with E-state index >= 15 is 0 Å². The van der Waals surface area contributed by atoms with Crippen LogP contribution in [-0.2, 0) is 6.54 Å². The van der Waals surface area contributed by atoms with Gasteiger partial charge in [-0.2, -0.15) is 0 Å². The third kappa shape index (κ3) is 2.72. The van der Waals surface area contributed by atoms with Crippen LogP contribution in [0, 0.1) is 0 Å². The molecule has 4 aromatic carbocycles. The monoisotopic (exact) mass is 403 g/mol. The summed E-state index contributed by atoms with van der Waals surface area (Å²) in [5, 5.41) is 3.97. The lowest BCUT2D eigenvalue weighted by molar-refractivity contribution is 0.0675. The fraction of sp³-hybridized carbons (Fsp3) is 0.0741.